The summed E-state index contributed by atoms with van der Waals surface area (Å²) in [6.45, 7) is 2.45. The van der Waals surface area contributed by atoms with Gasteiger partial charge >= 0.3 is 0 Å². The Morgan fingerprint density at radius 1 is 1.44 bits per heavy atom. The monoisotopic (exact) mass is 327 g/mol. The number of aryl methyl sites for hydroxylation is 1. The molecule has 1 aromatic heterocycles. The smallest absolute Gasteiger partial charge is 0.252 e. The number of halogens is 2. The topological polar surface area (TPSA) is 29.1 Å². The maximum atomic E-state index is 13.3. The largest absolute Gasteiger partial charge is 0.348 e. The molecule has 0 saturated carbocycles. The Morgan fingerprint density at radius 3 is 2.89 bits per heavy atom. The summed E-state index contributed by atoms with van der Waals surface area (Å²) < 4.78 is 13.5. The van der Waals surface area contributed by atoms with E-state index in [4.69, 9.17) is 0 Å². The minimum Gasteiger partial charge on any atom is -0.348 e. The predicted molar refractivity (Wildman–Crippen MR) is 74.3 cm³/mol. The molecule has 18 heavy (non-hydrogen) atoms. The molecule has 94 valence electrons. The molecule has 0 fully saturated rings. The van der Waals surface area contributed by atoms with Gasteiger partial charge < -0.3 is 5.32 Å². The van der Waals surface area contributed by atoms with Crippen LogP contribution in [-0.2, 0) is 6.54 Å². The SMILES string of the molecule is Cc1cscc1CNC(=O)c1cccc(F)c1Br. The minimum atomic E-state index is -0.436. The maximum absolute atomic E-state index is 13.3. The standard InChI is InChI=1S/C13H11BrFNOS/c1-8-6-18-7-9(8)5-16-13(17)10-3-2-4-11(15)12(10)14/h2-4,6-7H,5H2,1H3,(H,16,17). The van der Waals surface area contributed by atoms with Gasteiger partial charge in [0.1, 0.15) is 5.82 Å². The molecule has 0 radical (unpaired) electrons. The summed E-state index contributed by atoms with van der Waals surface area (Å²) in [6, 6.07) is 4.41. The number of thiophene rings is 1. The average Bonchev–Trinajstić information content (AvgIpc) is 2.75. The van der Waals surface area contributed by atoms with Crippen LogP contribution in [0.5, 0.6) is 0 Å². The molecule has 0 spiro atoms. The van der Waals surface area contributed by atoms with E-state index in [9.17, 15) is 9.18 Å². The number of benzene rings is 1. The predicted octanol–water partition coefficient (Wildman–Crippen LogP) is 3.89. The fraction of sp³-hybridized carbons (Fsp3) is 0.154. The summed E-state index contributed by atoms with van der Waals surface area (Å²) in [5, 5.41) is 6.80. The Labute approximate surface area is 117 Å². The van der Waals surface area contributed by atoms with Crippen molar-refractivity contribution >= 4 is 33.2 Å². The summed E-state index contributed by atoms with van der Waals surface area (Å²) in [5.41, 5.74) is 2.54. The zero-order valence-electron chi connectivity index (χ0n) is 9.67. The molecule has 5 heteroatoms. The summed E-state index contributed by atoms with van der Waals surface area (Å²) in [5.74, 6) is -0.721. The van der Waals surface area contributed by atoms with Gasteiger partial charge in [-0.15, -0.1) is 0 Å². The molecular weight excluding hydrogens is 317 g/mol. The molecule has 0 saturated heterocycles. The number of carbonyl (C=O) groups excluding carboxylic acids is 1. The number of hydrogen-bond acceptors (Lipinski definition) is 2. The van der Waals surface area contributed by atoms with Crippen LogP contribution in [-0.4, -0.2) is 5.91 Å². The van der Waals surface area contributed by atoms with E-state index < -0.39 is 5.82 Å². The van der Waals surface area contributed by atoms with E-state index in [1.807, 2.05) is 17.7 Å². The number of carbonyl (C=O) groups is 1. The number of amides is 1. The van der Waals surface area contributed by atoms with Crippen LogP contribution in [0.4, 0.5) is 4.39 Å². The molecule has 0 atom stereocenters. The molecule has 2 aromatic rings. The average molecular weight is 328 g/mol. The first-order valence-corrected chi connectivity index (χ1v) is 7.07. The first kappa shape index (κ1) is 13.2. The number of nitrogens with one attached hydrogen (secondary N) is 1. The van der Waals surface area contributed by atoms with Gasteiger partial charge in [0.15, 0.2) is 0 Å². The first-order chi connectivity index (χ1) is 8.59. The number of hydrogen-bond donors (Lipinski definition) is 1. The van der Waals surface area contributed by atoms with E-state index in [-0.39, 0.29) is 10.4 Å². The molecule has 0 unspecified atom stereocenters. The highest BCUT2D eigenvalue weighted by molar-refractivity contribution is 9.10. The van der Waals surface area contributed by atoms with Gasteiger partial charge in [-0.05, 0) is 56.9 Å². The van der Waals surface area contributed by atoms with Crippen molar-refractivity contribution in [3.05, 3.63) is 55.9 Å². The van der Waals surface area contributed by atoms with Crippen LogP contribution in [0.2, 0.25) is 0 Å². The third kappa shape index (κ3) is 2.79. The Kier molecular flexibility index (Phi) is 4.14. The van der Waals surface area contributed by atoms with Gasteiger partial charge in [-0.3, -0.25) is 4.79 Å². The lowest BCUT2D eigenvalue weighted by Crippen LogP contribution is -2.23. The van der Waals surface area contributed by atoms with Gasteiger partial charge in [0.05, 0.1) is 10.0 Å². The third-order valence-corrected chi connectivity index (χ3v) is 4.31. The van der Waals surface area contributed by atoms with Crippen LogP contribution in [0, 0.1) is 12.7 Å². The van der Waals surface area contributed by atoms with Crippen LogP contribution in [0.25, 0.3) is 0 Å². The van der Waals surface area contributed by atoms with Gasteiger partial charge in [-0.1, -0.05) is 6.07 Å². The Balaban J connectivity index is 2.09. The van der Waals surface area contributed by atoms with Crippen molar-refractivity contribution in [2.24, 2.45) is 0 Å². The molecule has 1 amide bonds. The molecule has 2 rings (SSSR count). The summed E-state index contributed by atoms with van der Waals surface area (Å²) in [6.07, 6.45) is 0. The summed E-state index contributed by atoms with van der Waals surface area (Å²) in [7, 11) is 0. The van der Waals surface area contributed by atoms with Crippen molar-refractivity contribution in [1.82, 2.24) is 5.32 Å². The molecule has 2 nitrogen and oxygen atoms in total. The highest BCUT2D eigenvalue weighted by atomic mass is 79.9. The van der Waals surface area contributed by atoms with E-state index in [2.05, 4.69) is 21.2 Å². The van der Waals surface area contributed by atoms with Crippen molar-refractivity contribution in [3.63, 3.8) is 0 Å². The molecule has 0 bridgehead atoms. The maximum Gasteiger partial charge on any atom is 0.252 e. The van der Waals surface area contributed by atoms with Crippen molar-refractivity contribution < 1.29 is 9.18 Å². The molecule has 1 N–H and O–H groups in total. The Morgan fingerprint density at radius 2 is 2.22 bits per heavy atom. The number of rotatable bonds is 3. The fourth-order valence-electron chi connectivity index (χ4n) is 1.52. The zero-order chi connectivity index (χ0) is 13.1. The van der Waals surface area contributed by atoms with Crippen molar-refractivity contribution in [3.8, 4) is 0 Å². The van der Waals surface area contributed by atoms with Gasteiger partial charge in [-0.2, -0.15) is 11.3 Å². The quantitative estimate of drug-likeness (QED) is 0.910. The van der Waals surface area contributed by atoms with E-state index in [0.717, 1.165) is 11.1 Å². The summed E-state index contributed by atoms with van der Waals surface area (Å²) in [4.78, 5) is 11.9. The van der Waals surface area contributed by atoms with Crippen LogP contribution in [0.15, 0.2) is 33.4 Å². The van der Waals surface area contributed by atoms with Gasteiger partial charge in [0, 0.05) is 6.54 Å². The van der Waals surface area contributed by atoms with E-state index in [1.54, 1.807) is 17.4 Å². The lowest BCUT2D eigenvalue weighted by atomic mass is 10.2. The second kappa shape index (κ2) is 5.63. The van der Waals surface area contributed by atoms with Crippen LogP contribution < -0.4 is 5.32 Å². The van der Waals surface area contributed by atoms with Gasteiger partial charge in [0.25, 0.3) is 5.91 Å². The zero-order valence-corrected chi connectivity index (χ0v) is 12.1. The highest BCUT2D eigenvalue weighted by Crippen LogP contribution is 2.20. The van der Waals surface area contributed by atoms with E-state index in [1.165, 1.54) is 12.1 Å². The van der Waals surface area contributed by atoms with Crippen LogP contribution in [0.1, 0.15) is 21.5 Å². The molecule has 0 aliphatic carbocycles. The summed E-state index contributed by atoms with van der Waals surface area (Å²) >= 11 is 4.68. The molecule has 1 heterocycles. The molecule has 1 aromatic carbocycles. The van der Waals surface area contributed by atoms with Crippen molar-refractivity contribution in [2.75, 3.05) is 0 Å². The molecule has 0 aliphatic rings. The fourth-order valence-corrected chi connectivity index (χ4v) is 2.82. The molecular formula is C13H11BrFNOS. The lowest BCUT2D eigenvalue weighted by molar-refractivity contribution is 0.0949. The second-order valence-corrected chi connectivity index (χ2v) is 5.40. The highest BCUT2D eigenvalue weighted by Gasteiger charge is 2.12. The van der Waals surface area contributed by atoms with Crippen LogP contribution in [0.3, 0.4) is 0 Å². The van der Waals surface area contributed by atoms with E-state index >= 15 is 0 Å². The Hall–Kier alpha value is -1.20. The van der Waals surface area contributed by atoms with Crippen LogP contribution >= 0.6 is 27.3 Å². The van der Waals surface area contributed by atoms with Gasteiger partial charge in [0.2, 0.25) is 0 Å². The first-order valence-electron chi connectivity index (χ1n) is 5.33. The van der Waals surface area contributed by atoms with Gasteiger partial charge in [-0.25, -0.2) is 4.39 Å². The Bertz CT molecular complexity index is 582. The minimum absolute atomic E-state index is 0.199. The third-order valence-electron chi connectivity index (χ3n) is 2.60. The second-order valence-electron chi connectivity index (χ2n) is 3.86. The van der Waals surface area contributed by atoms with Crippen molar-refractivity contribution in [1.29, 1.82) is 0 Å². The van der Waals surface area contributed by atoms with Crippen molar-refractivity contribution in [2.45, 2.75) is 13.5 Å². The normalized spacial score (nSPS) is 10.4. The van der Waals surface area contributed by atoms with E-state index in [0.29, 0.717) is 12.1 Å². The molecule has 0 aliphatic heterocycles. The lowest BCUT2D eigenvalue weighted by Gasteiger charge is -2.07.